The van der Waals surface area contributed by atoms with Crippen molar-refractivity contribution in [2.24, 2.45) is 0 Å². The lowest BCUT2D eigenvalue weighted by molar-refractivity contribution is -0.0660. The van der Waals surface area contributed by atoms with Gasteiger partial charge in [-0.15, -0.1) is 0 Å². The second kappa shape index (κ2) is 10.5. The number of carbonyl (C=O) groups is 1. The molecule has 3 aromatic rings. The number of hydrogen-bond donors (Lipinski definition) is 4. The van der Waals surface area contributed by atoms with Crippen molar-refractivity contribution in [3.63, 3.8) is 0 Å². The van der Waals surface area contributed by atoms with Gasteiger partial charge in [0.1, 0.15) is 23.7 Å². The number of hydrogen-bond acceptors (Lipinski definition) is 9. The van der Waals surface area contributed by atoms with E-state index in [1.165, 1.54) is 12.3 Å². The number of ether oxygens (including phenoxy) is 2. The zero-order valence-corrected chi connectivity index (χ0v) is 21.6. The highest BCUT2D eigenvalue weighted by Gasteiger charge is 2.29. The number of aromatic amines is 1. The topological polar surface area (TPSA) is 124 Å². The zero-order valence-electron chi connectivity index (χ0n) is 21.6. The molecule has 0 unspecified atom stereocenters. The summed E-state index contributed by atoms with van der Waals surface area (Å²) in [7, 11) is 0. The Balaban J connectivity index is 1.17. The summed E-state index contributed by atoms with van der Waals surface area (Å²) in [6.07, 6.45) is 3.05. The molecule has 2 aromatic heterocycles. The number of benzene rings is 1. The van der Waals surface area contributed by atoms with E-state index in [0.29, 0.717) is 55.2 Å². The fourth-order valence-electron chi connectivity index (χ4n) is 5.10. The quantitative estimate of drug-likeness (QED) is 0.377. The molecule has 204 valence electrons. The molecular formula is C27H30FN7O4. The Bertz CT molecular complexity index is 1450. The van der Waals surface area contributed by atoms with Crippen LogP contribution < -0.4 is 31.1 Å². The second-order valence-electron chi connectivity index (χ2n) is 9.81. The molecule has 1 amide bonds. The van der Waals surface area contributed by atoms with Gasteiger partial charge < -0.3 is 35.3 Å². The van der Waals surface area contributed by atoms with E-state index in [1.807, 2.05) is 11.8 Å². The Morgan fingerprint density at radius 3 is 2.72 bits per heavy atom. The number of aromatic nitrogens is 2. The van der Waals surface area contributed by atoms with Crippen LogP contribution in [0.4, 0.5) is 32.8 Å². The molecule has 2 fully saturated rings. The molecule has 3 aliphatic rings. The van der Waals surface area contributed by atoms with Gasteiger partial charge in [0, 0.05) is 50.2 Å². The Labute approximate surface area is 224 Å². The van der Waals surface area contributed by atoms with Crippen molar-refractivity contribution in [1.29, 1.82) is 0 Å². The minimum Gasteiger partial charge on any atom is -0.474 e. The van der Waals surface area contributed by atoms with E-state index >= 15 is 4.39 Å². The molecule has 0 aliphatic carbocycles. The molecule has 0 saturated carbocycles. The number of nitrogens with one attached hydrogen (secondary N) is 4. The zero-order chi connectivity index (χ0) is 26.9. The van der Waals surface area contributed by atoms with Gasteiger partial charge in [0.05, 0.1) is 42.5 Å². The van der Waals surface area contributed by atoms with Crippen molar-refractivity contribution >= 4 is 34.3 Å². The highest BCUT2D eigenvalue weighted by Crippen LogP contribution is 2.34. The third kappa shape index (κ3) is 5.00. The first kappa shape index (κ1) is 25.1. The van der Waals surface area contributed by atoms with E-state index in [0.717, 1.165) is 37.6 Å². The molecule has 12 heteroatoms. The van der Waals surface area contributed by atoms with Crippen LogP contribution in [0.2, 0.25) is 0 Å². The molecule has 4 N–H and O–H groups in total. The molecule has 0 radical (unpaired) electrons. The Kier molecular flexibility index (Phi) is 6.79. The highest BCUT2D eigenvalue weighted by molar-refractivity contribution is 6.08. The molecule has 0 spiro atoms. The maximum Gasteiger partial charge on any atom is 0.263 e. The normalized spacial score (nSPS) is 17.4. The van der Waals surface area contributed by atoms with Crippen LogP contribution in [-0.2, 0) is 4.74 Å². The molecule has 6 rings (SSSR count). The number of fused-ring (bicyclic) bond motifs is 1. The predicted octanol–water partition coefficient (Wildman–Crippen LogP) is 2.54. The lowest BCUT2D eigenvalue weighted by Gasteiger charge is -2.43. The average molecular weight is 536 g/mol. The van der Waals surface area contributed by atoms with Crippen molar-refractivity contribution in [3.8, 4) is 5.88 Å². The summed E-state index contributed by atoms with van der Waals surface area (Å²) in [5.41, 5.74) is 2.56. The number of halogens is 1. The second-order valence-corrected chi connectivity index (χ2v) is 9.81. The van der Waals surface area contributed by atoms with Crippen molar-refractivity contribution in [3.05, 3.63) is 64.0 Å². The summed E-state index contributed by atoms with van der Waals surface area (Å²) < 4.78 is 26.0. The SMILES string of the molecule is Cc1c(Nc2cc[nH]c(=O)c2C(=O)Nc2ccc(N3CCN(C4COC4)CC3)c(F)c2)cnc2c1NCCO2. The van der Waals surface area contributed by atoms with E-state index in [-0.39, 0.29) is 11.3 Å². The van der Waals surface area contributed by atoms with E-state index in [1.54, 1.807) is 24.4 Å². The number of carbonyl (C=O) groups excluding carboxylic acids is 1. The van der Waals surface area contributed by atoms with Crippen molar-refractivity contribution < 1.29 is 18.7 Å². The third-order valence-electron chi connectivity index (χ3n) is 7.40. The number of rotatable bonds is 6. The Morgan fingerprint density at radius 1 is 1.15 bits per heavy atom. The van der Waals surface area contributed by atoms with Crippen molar-refractivity contribution in [2.75, 3.05) is 73.4 Å². The lowest BCUT2D eigenvalue weighted by atomic mass is 10.1. The van der Waals surface area contributed by atoms with Gasteiger partial charge in [0.15, 0.2) is 0 Å². The number of pyridine rings is 2. The summed E-state index contributed by atoms with van der Waals surface area (Å²) in [6.45, 7) is 7.72. The summed E-state index contributed by atoms with van der Waals surface area (Å²) >= 11 is 0. The summed E-state index contributed by atoms with van der Waals surface area (Å²) in [4.78, 5) is 37.2. The van der Waals surface area contributed by atoms with E-state index in [4.69, 9.17) is 9.47 Å². The van der Waals surface area contributed by atoms with Crippen LogP contribution in [0.1, 0.15) is 15.9 Å². The van der Waals surface area contributed by atoms with Crippen molar-refractivity contribution in [2.45, 2.75) is 13.0 Å². The number of anilines is 5. The molecule has 3 aliphatic heterocycles. The predicted molar refractivity (Wildman–Crippen MR) is 146 cm³/mol. The number of amides is 1. The lowest BCUT2D eigenvalue weighted by Crippen LogP contribution is -2.56. The van der Waals surface area contributed by atoms with Crippen LogP contribution in [0.15, 0.2) is 41.5 Å². The molecule has 0 bridgehead atoms. The molecule has 2 saturated heterocycles. The number of piperazine rings is 1. The van der Waals surface area contributed by atoms with Gasteiger partial charge in [-0.25, -0.2) is 9.37 Å². The largest absolute Gasteiger partial charge is 0.474 e. The van der Waals surface area contributed by atoms with E-state index in [9.17, 15) is 9.59 Å². The summed E-state index contributed by atoms with van der Waals surface area (Å²) in [5, 5.41) is 9.08. The van der Waals surface area contributed by atoms with Crippen LogP contribution in [0.25, 0.3) is 0 Å². The Morgan fingerprint density at radius 2 is 1.97 bits per heavy atom. The van der Waals surface area contributed by atoms with E-state index < -0.39 is 17.3 Å². The summed E-state index contributed by atoms with van der Waals surface area (Å²) in [5.74, 6) is -0.583. The van der Waals surface area contributed by atoms with Gasteiger partial charge in [-0.1, -0.05) is 0 Å². The van der Waals surface area contributed by atoms with Crippen molar-refractivity contribution in [1.82, 2.24) is 14.9 Å². The van der Waals surface area contributed by atoms with Crippen LogP contribution in [-0.4, -0.2) is 79.4 Å². The maximum atomic E-state index is 15.1. The van der Waals surface area contributed by atoms with Crippen LogP contribution >= 0.6 is 0 Å². The van der Waals surface area contributed by atoms with Crippen LogP contribution in [0.5, 0.6) is 5.88 Å². The van der Waals surface area contributed by atoms with Gasteiger partial charge in [-0.2, -0.15) is 0 Å². The molecule has 39 heavy (non-hydrogen) atoms. The van der Waals surface area contributed by atoms with Gasteiger partial charge in [0.2, 0.25) is 5.88 Å². The number of H-pyrrole nitrogens is 1. The maximum absolute atomic E-state index is 15.1. The fraction of sp³-hybridized carbons (Fsp3) is 0.370. The van der Waals surface area contributed by atoms with Gasteiger partial charge in [-0.05, 0) is 31.2 Å². The Hall–Kier alpha value is -4.16. The van der Waals surface area contributed by atoms with E-state index in [2.05, 4.69) is 30.8 Å². The first-order chi connectivity index (χ1) is 19.0. The third-order valence-corrected chi connectivity index (χ3v) is 7.40. The van der Waals surface area contributed by atoms with Gasteiger partial charge in [0.25, 0.3) is 11.5 Å². The van der Waals surface area contributed by atoms with Gasteiger partial charge >= 0.3 is 0 Å². The first-order valence-corrected chi connectivity index (χ1v) is 13.0. The van der Waals surface area contributed by atoms with Crippen LogP contribution in [0, 0.1) is 12.7 Å². The monoisotopic (exact) mass is 535 g/mol. The molecule has 0 atom stereocenters. The van der Waals surface area contributed by atoms with Crippen LogP contribution in [0.3, 0.4) is 0 Å². The average Bonchev–Trinajstić information content (AvgIpc) is 2.90. The van der Waals surface area contributed by atoms with Gasteiger partial charge in [-0.3, -0.25) is 14.5 Å². The summed E-state index contributed by atoms with van der Waals surface area (Å²) in [6, 6.07) is 6.66. The highest BCUT2D eigenvalue weighted by atomic mass is 19.1. The molecule has 5 heterocycles. The standard InChI is InChI=1S/C27H30FN7O4/c1-16-21(13-31-27-24(16)29-6-11-39-27)33-20-4-5-30-25(36)23(20)26(37)32-17-2-3-22(19(28)12-17)35-9-7-34(8-10-35)18-14-38-15-18/h2-5,12-13,18,29H,6-11,14-15H2,1H3,(H,32,37)(H2,30,33,36). The minimum atomic E-state index is -0.659. The molecule has 1 aromatic carbocycles. The smallest absolute Gasteiger partial charge is 0.263 e. The first-order valence-electron chi connectivity index (χ1n) is 13.0. The molecular weight excluding hydrogens is 505 g/mol. The molecule has 11 nitrogen and oxygen atoms in total. The fourth-order valence-corrected chi connectivity index (χ4v) is 5.10. The number of nitrogens with zero attached hydrogens (tertiary/aromatic N) is 3. The minimum absolute atomic E-state index is 0.126.